The summed E-state index contributed by atoms with van der Waals surface area (Å²) >= 11 is 0. The molecule has 0 fully saturated rings. The number of nitrogens with zero attached hydrogens (tertiary/aromatic N) is 1. The number of carbonyl (C=O) groups excluding carboxylic acids is 1. The van der Waals surface area contributed by atoms with Crippen molar-refractivity contribution in [2.24, 2.45) is 0 Å². The summed E-state index contributed by atoms with van der Waals surface area (Å²) in [5.41, 5.74) is 1.67. The molecule has 1 unspecified atom stereocenters. The molecule has 0 aliphatic carbocycles. The largest absolute Gasteiger partial charge is 0.497 e. The minimum absolute atomic E-state index is 0. The number of Topliss-reactive ketones (excluding diaryl/α,β-unsaturated/α-hetero) is 1. The molecule has 0 amide bonds. The molecule has 2 aromatic rings. The first-order valence-electron chi connectivity index (χ1n) is 7.52. The lowest BCUT2D eigenvalue weighted by atomic mass is 9.90. The van der Waals surface area contributed by atoms with Crippen molar-refractivity contribution in [2.45, 2.75) is 5.92 Å². The third-order valence-electron chi connectivity index (χ3n) is 3.76. The Balaban J connectivity index is 0.00000288. The Bertz CT molecular complexity index is 639. The van der Waals surface area contributed by atoms with Gasteiger partial charge in [-0.2, -0.15) is 0 Å². The van der Waals surface area contributed by atoms with Gasteiger partial charge in [-0.1, -0.05) is 12.1 Å². The van der Waals surface area contributed by atoms with E-state index in [4.69, 9.17) is 9.47 Å². The van der Waals surface area contributed by atoms with E-state index < -0.39 is 0 Å². The Morgan fingerprint density at radius 2 is 1.38 bits per heavy atom. The van der Waals surface area contributed by atoms with Gasteiger partial charge < -0.3 is 14.4 Å². The van der Waals surface area contributed by atoms with Crippen LogP contribution in [-0.2, 0) is 0 Å². The Morgan fingerprint density at radius 1 is 0.917 bits per heavy atom. The van der Waals surface area contributed by atoms with Crippen LogP contribution in [0.1, 0.15) is 21.8 Å². The summed E-state index contributed by atoms with van der Waals surface area (Å²) in [7, 11) is 7.19. The van der Waals surface area contributed by atoms with Crippen LogP contribution < -0.4 is 9.47 Å². The predicted molar refractivity (Wildman–Crippen MR) is 98.9 cm³/mol. The van der Waals surface area contributed by atoms with Gasteiger partial charge in [-0.15, -0.1) is 12.4 Å². The maximum absolute atomic E-state index is 12.9. The molecule has 0 spiro atoms. The van der Waals surface area contributed by atoms with E-state index >= 15 is 0 Å². The van der Waals surface area contributed by atoms with Gasteiger partial charge in [-0.25, -0.2) is 0 Å². The molecule has 0 bridgehead atoms. The number of ether oxygens (including phenoxy) is 2. The third-order valence-corrected chi connectivity index (χ3v) is 3.76. The molecule has 0 aliphatic heterocycles. The molecule has 2 aromatic carbocycles. The molecule has 24 heavy (non-hydrogen) atoms. The van der Waals surface area contributed by atoms with Gasteiger partial charge in [0.2, 0.25) is 0 Å². The molecule has 2 rings (SSSR count). The van der Waals surface area contributed by atoms with E-state index in [-0.39, 0.29) is 24.1 Å². The summed E-state index contributed by atoms with van der Waals surface area (Å²) in [6.07, 6.45) is 0. The van der Waals surface area contributed by atoms with Gasteiger partial charge in [-0.3, -0.25) is 4.79 Å². The average molecular weight is 350 g/mol. The number of methoxy groups -OCH3 is 2. The smallest absolute Gasteiger partial charge is 0.171 e. The van der Waals surface area contributed by atoms with Crippen molar-refractivity contribution in [3.8, 4) is 11.5 Å². The van der Waals surface area contributed by atoms with Gasteiger partial charge in [0.05, 0.1) is 20.1 Å². The monoisotopic (exact) mass is 349 g/mol. The van der Waals surface area contributed by atoms with Crippen molar-refractivity contribution < 1.29 is 14.3 Å². The molecule has 0 saturated carbocycles. The van der Waals surface area contributed by atoms with Crippen molar-refractivity contribution in [3.63, 3.8) is 0 Å². The molecule has 5 heteroatoms. The fourth-order valence-corrected chi connectivity index (χ4v) is 2.50. The standard InChI is InChI=1S/C19H23NO3.ClH/c1-20(2)13-18(14-5-9-16(22-3)10-6-14)19(21)15-7-11-17(23-4)12-8-15;/h5-12,18H,13H2,1-4H3;1H. The number of rotatable bonds is 7. The molecular formula is C19H24ClNO3. The van der Waals surface area contributed by atoms with Gasteiger partial charge in [-0.05, 0) is 56.1 Å². The fraction of sp³-hybridized carbons (Fsp3) is 0.316. The van der Waals surface area contributed by atoms with Crippen molar-refractivity contribution >= 4 is 18.2 Å². The lowest BCUT2D eigenvalue weighted by molar-refractivity contribution is 0.0944. The topological polar surface area (TPSA) is 38.8 Å². The van der Waals surface area contributed by atoms with Crippen LogP contribution in [0.4, 0.5) is 0 Å². The number of halogens is 1. The minimum atomic E-state index is -0.218. The number of hydrogen-bond donors (Lipinski definition) is 0. The van der Waals surface area contributed by atoms with Gasteiger partial charge >= 0.3 is 0 Å². The average Bonchev–Trinajstić information content (AvgIpc) is 2.59. The van der Waals surface area contributed by atoms with E-state index in [0.717, 1.165) is 17.1 Å². The first-order chi connectivity index (χ1) is 11.0. The highest BCUT2D eigenvalue weighted by Crippen LogP contribution is 2.25. The zero-order valence-electron chi connectivity index (χ0n) is 14.5. The summed E-state index contributed by atoms with van der Waals surface area (Å²) in [6, 6.07) is 14.9. The van der Waals surface area contributed by atoms with Crippen molar-refractivity contribution in [1.82, 2.24) is 4.90 Å². The van der Waals surface area contributed by atoms with Gasteiger partial charge in [0.1, 0.15) is 11.5 Å². The number of carbonyl (C=O) groups is 1. The molecule has 0 heterocycles. The van der Waals surface area contributed by atoms with Crippen LogP contribution in [-0.4, -0.2) is 45.5 Å². The van der Waals surface area contributed by atoms with Crippen LogP contribution in [0.15, 0.2) is 48.5 Å². The molecule has 0 aliphatic rings. The number of likely N-dealkylation sites (N-methyl/N-ethyl adjacent to an activating group) is 1. The quantitative estimate of drug-likeness (QED) is 0.715. The van der Waals surface area contributed by atoms with Gasteiger partial charge in [0, 0.05) is 12.1 Å². The lowest BCUT2D eigenvalue weighted by Gasteiger charge is -2.21. The van der Waals surface area contributed by atoms with Crippen molar-refractivity contribution in [2.75, 3.05) is 34.9 Å². The first-order valence-corrected chi connectivity index (χ1v) is 7.52. The highest BCUT2D eigenvalue weighted by molar-refractivity contribution is 6.01. The molecule has 130 valence electrons. The Kier molecular flexibility index (Phi) is 7.75. The van der Waals surface area contributed by atoms with Crippen molar-refractivity contribution in [1.29, 1.82) is 0 Å². The summed E-state index contributed by atoms with van der Waals surface area (Å²) in [5.74, 6) is 1.42. The first kappa shape index (κ1) is 20.0. The molecule has 0 saturated heterocycles. The summed E-state index contributed by atoms with van der Waals surface area (Å²) in [5, 5.41) is 0. The van der Waals surface area contributed by atoms with E-state index in [2.05, 4.69) is 0 Å². The Hall–Kier alpha value is -2.04. The van der Waals surface area contributed by atoms with E-state index in [9.17, 15) is 4.79 Å². The zero-order valence-corrected chi connectivity index (χ0v) is 15.3. The predicted octanol–water partition coefficient (Wildman–Crippen LogP) is 3.65. The number of hydrogen-bond acceptors (Lipinski definition) is 4. The van der Waals surface area contributed by atoms with Gasteiger partial charge in [0.15, 0.2) is 5.78 Å². The molecular weight excluding hydrogens is 326 g/mol. The summed E-state index contributed by atoms with van der Waals surface area (Å²) < 4.78 is 10.3. The highest BCUT2D eigenvalue weighted by atomic mass is 35.5. The highest BCUT2D eigenvalue weighted by Gasteiger charge is 2.23. The minimum Gasteiger partial charge on any atom is -0.497 e. The SMILES string of the molecule is COc1ccc(C(=O)C(CN(C)C)c2ccc(OC)cc2)cc1.Cl. The van der Waals surface area contributed by atoms with Crippen LogP contribution in [0.2, 0.25) is 0 Å². The van der Waals surface area contributed by atoms with Crippen LogP contribution in [0.3, 0.4) is 0 Å². The van der Waals surface area contributed by atoms with Crippen LogP contribution in [0.5, 0.6) is 11.5 Å². The second-order valence-corrected chi connectivity index (χ2v) is 5.68. The molecule has 0 N–H and O–H groups in total. The van der Waals surface area contributed by atoms with Crippen LogP contribution in [0, 0.1) is 0 Å². The van der Waals surface area contributed by atoms with Crippen LogP contribution >= 0.6 is 12.4 Å². The molecule has 4 nitrogen and oxygen atoms in total. The maximum Gasteiger partial charge on any atom is 0.171 e. The van der Waals surface area contributed by atoms with E-state index in [1.54, 1.807) is 14.2 Å². The molecule has 0 radical (unpaired) electrons. The summed E-state index contributed by atoms with van der Waals surface area (Å²) in [4.78, 5) is 15.0. The number of ketones is 1. The second-order valence-electron chi connectivity index (χ2n) is 5.68. The number of benzene rings is 2. The Labute approximate surface area is 149 Å². The lowest BCUT2D eigenvalue weighted by Crippen LogP contribution is -2.26. The van der Waals surface area contributed by atoms with E-state index in [1.165, 1.54) is 0 Å². The van der Waals surface area contributed by atoms with Crippen molar-refractivity contribution in [3.05, 3.63) is 59.7 Å². The Morgan fingerprint density at radius 3 is 1.79 bits per heavy atom. The van der Waals surface area contributed by atoms with E-state index in [1.807, 2.05) is 67.5 Å². The zero-order chi connectivity index (χ0) is 16.8. The second kappa shape index (κ2) is 9.30. The van der Waals surface area contributed by atoms with Crippen LogP contribution in [0.25, 0.3) is 0 Å². The van der Waals surface area contributed by atoms with Gasteiger partial charge in [0.25, 0.3) is 0 Å². The normalized spacial score (nSPS) is 11.5. The van der Waals surface area contributed by atoms with E-state index in [0.29, 0.717) is 12.1 Å². The molecule has 0 aromatic heterocycles. The maximum atomic E-state index is 12.9. The fourth-order valence-electron chi connectivity index (χ4n) is 2.50. The third kappa shape index (κ3) is 4.98. The molecule has 1 atom stereocenters. The summed E-state index contributed by atoms with van der Waals surface area (Å²) in [6.45, 7) is 0.650.